The smallest absolute Gasteiger partial charge is 0.329 e. The van der Waals surface area contributed by atoms with Crippen LogP contribution in [0.3, 0.4) is 0 Å². The van der Waals surface area contributed by atoms with Crippen LogP contribution in [0.15, 0.2) is 0 Å². The molecule has 1 saturated heterocycles. The number of carboxylic acids is 1. The Morgan fingerprint density at radius 3 is 2.42 bits per heavy atom. The van der Waals surface area contributed by atoms with Crippen molar-refractivity contribution in [3.63, 3.8) is 0 Å². The summed E-state index contributed by atoms with van der Waals surface area (Å²) < 4.78 is 0. The number of primary amides is 1. The van der Waals surface area contributed by atoms with E-state index in [1.165, 1.54) is 4.90 Å². The minimum absolute atomic E-state index is 0.275. The largest absolute Gasteiger partial charge is 0.480 e. The highest BCUT2D eigenvalue weighted by atomic mass is 16.4. The molecular weight excluding hydrogens is 250 g/mol. The Bertz CT molecular complexity index is 406. The molecule has 4 N–H and O–H groups in total. The lowest BCUT2D eigenvalue weighted by Crippen LogP contribution is -2.61. The lowest BCUT2D eigenvalue weighted by molar-refractivity contribution is -0.152. The van der Waals surface area contributed by atoms with Crippen LogP contribution in [-0.4, -0.2) is 46.5 Å². The zero-order valence-electron chi connectivity index (χ0n) is 10.7. The summed E-state index contributed by atoms with van der Waals surface area (Å²) >= 11 is 0. The van der Waals surface area contributed by atoms with E-state index in [-0.39, 0.29) is 18.4 Å². The van der Waals surface area contributed by atoms with Crippen molar-refractivity contribution < 1.29 is 19.5 Å². The summed E-state index contributed by atoms with van der Waals surface area (Å²) in [6.07, 6.45) is 3.12. The minimum Gasteiger partial charge on any atom is -0.480 e. The minimum atomic E-state index is -1.09. The normalized spacial score (nSPS) is 25.3. The molecule has 7 heteroatoms. The van der Waals surface area contributed by atoms with Crippen molar-refractivity contribution in [2.75, 3.05) is 13.1 Å². The summed E-state index contributed by atoms with van der Waals surface area (Å²) in [5.41, 5.74) is 4.11. The lowest BCUT2D eigenvalue weighted by atomic mass is 9.76. The Labute approximate surface area is 111 Å². The van der Waals surface area contributed by atoms with Crippen molar-refractivity contribution in [1.82, 2.24) is 10.2 Å². The quantitative estimate of drug-likeness (QED) is 0.664. The maximum Gasteiger partial charge on any atom is 0.329 e. The number of piperidine rings is 1. The molecule has 1 aliphatic heterocycles. The molecule has 1 atom stereocenters. The van der Waals surface area contributed by atoms with Gasteiger partial charge in [0.1, 0.15) is 5.54 Å². The zero-order chi connectivity index (χ0) is 14.0. The Morgan fingerprint density at radius 1 is 1.26 bits per heavy atom. The third-order valence-electron chi connectivity index (χ3n) is 4.08. The van der Waals surface area contributed by atoms with E-state index in [0.717, 1.165) is 6.42 Å². The van der Waals surface area contributed by atoms with Crippen molar-refractivity contribution in [1.29, 1.82) is 0 Å². The van der Waals surface area contributed by atoms with Crippen molar-refractivity contribution in [2.24, 2.45) is 11.7 Å². The fraction of sp³-hybridized carbons (Fsp3) is 0.750. The molecule has 2 rings (SSSR count). The average molecular weight is 269 g/mol. The zero-order valence-corrected chi connectivity index (χ0v) is 10.7. The molecular formula is C12H19N3O4. The molecule has 0 aromatic rings. The second-order valence-electron chi connectivity index (χ2n) is 5.35. The maximum atomic E-state index is 12.1. The Morgan fingerprint density at radius 2 is 1.95 bits per heavy atom. The van der Waals surface area contributed by atoms with Crippen molar-refractivity contribution >= 4 is 17.9 Å². The van der Waals surface area contributed by atoms with Crippen LogP contribution in [0.1, 0.15) is 32.1 Å². The molecule has 0 aromatic heterocycles. The fourth-order valence-electron chi connectivity index (χ4n) is 2.65. The fourth-order valence-corrected chi connectivity index (χ4v) is 2.65. The summed E-state index contributed by atoms with van der Waals surface area (Å²) in [6.45, 7) is 0.833. The molecule has 1 saturated carbocycles. The van der Waals surface area contributed by atoms with Crippen LogP contribution >= 0.6 is 0 Å². The van der Waals surface area contributed by atoms with E-state index in [1.54, 1.807) is 0 Å². The maximum absolute atomic E-state index is 12.1. The second kappa shape index (κ2) is 5.07. The topological polar surface area (TPSA) is 113 Å². The first kappa shape index (κ1) is 13.6. The van der Waals surface area contributed by atoms with Crippen LogP contribution in [0, 0.1) is 5.92 Å². The van der Waals surface area contributed by atoms with Crippen LogP contribution < -0.4 is 11.1 Å². The molecule has 1 aliphatic carbocycles. The third kappa shape index (κ3) is 2.64. The van der Waals surface area contributed by atoms with Gasteiger partial charge in [0.2, 0.25) is 5.91 Å². The van der Waals surface area contributed by atoms with E-state index in [1.807, 2.05) is 0 Å². The molecule has 7 nitrogen and oxygen atoms in total. The molecule has 0 radical (unpaired) electrons. The van der Waals surface area contributed by atoms with Crippen LogP contribution in [0.4, 0.5) is 4.79 Å². The van der Waals surface area contributed by atoms with Gasteiger partial charge in [0.25, 0.3) is 0 Å². The molecule has 1 unspecified atom stereocenters. The standard InChI is InChI=1S/C12H19N3O4/c13-11(19)15-6-1-3-8(7-15)9(16)14-12(10(17)18)4-2-5-12/h8H,1-7H2,(H2,13,19)(H,14,16)(H,17,18). The SMILES string of the molecule is NC(=O)N1CCCC(C(=O)NC2(C(=O)O)CCC2)C1. The van der Waals surface area contributed by atoms with Crippen molar-refractivity contribution in [3.05, 3.63) is 0 Å². The van der Waals surface area contributed by atoms with Crippen molar-refractivity contribution in [3.8, 4) is 0 Å². The number of carbonyl (C=O) groups is 3. The first-order valence-corrected chi connectivity index (χ1v) is 6.54. The highest BCUT2D eigenvalue weighted by Gasteiger charge is 2.46. The van der Waals surface area contributed by atoms with Gasteiger partial charge in [-0.15, -0.1) is 0 Å². The van der Waals surface area contributed by atoms with E-state index in [4.69, 9.17) is 5.73 Å². The predicted molar refractivity (Wildman–Crippen MR) is 66.2 cm³/mol. The number of rotatable bonds is 3. The molecule has 2 fully saturated rings. The second-order valence-corrected chi connectivity index (χ2v) is 5.35. The lowest BCUT2D eigenvalue weighted by Gasteiger charge is -2.40. The number of hydrogen-bond acceptors (Lipinski definition) is 3. The van der Waals surface area contributed by atoms with Gasteiger partial charge >= 0.3 is 12.0 Å². The van der Waals surface area contributed by atoms with E-state index in [2.05, 4.69) is 5.32 Å². The monoisotopic (exact) mass is 269 g/mol. The average Bonchev–Trinajstić information content (AvgIpc) is 2.33. The van der Waals surface area contributed by atoms with E-state index in [9.17, 15) is 19.5 Å². The van der Waals surface area contributed by atoms with E-state index in [0.29, 0.717) is 32.2 Å². The van der Waals surface area contributed by atoms with Gasteiger partial charge in [0, 0.05) is 13.1 Å². The van der Waals surface area contributed by atoms with Gasteiger partial charge in [-0.3, -0.25) is 4.79 Å². The summed E-state index contributed by atoms with van der Waals surface area (Å²) in [6, 6.07) is -0.533. The Balaban J connectivity index is 1.96. The van der Waals surface area contributed by atoms with Crippen molar-refractivity contribution in [2.45, 2.75) is 37.6 Å². The molecule has 3 amide bonds. The van der Waals surface area contributed by atoms with Crippen LogP contribution in [0.5, 0.6) is 0 Å². The van der Waals surface area contributed by atoms with Gasteiger partial charge in [-0.25, -0.2) is 9.59 Å². The number of carbonyl (C=O) groups excluding carboxylic acids is 2. The highest BCUT2D eigenvalue weighted by molar-refractivity contribution is 5.89. The number of likely N-dealkylation sites (tertiary alicyclic amines) is 1. The van der Waals surface area contributed by atoms with Gasteiger partial charge < -0.3 is 21.1 Å². The molecule has 19 heavy (non-hydrogen) atoms. The highest BCUT2D eigenvalue weighted by Crippen LogP contribution is 2.32. The number of nitrogens with two attached hydrogens (primary N) is 1. The molecule has 2 aliphatic rings. The first-order valence-electron chi connectivity index (χ1n) is 6.54. The van der Waals surface area contributed by atoms with Gasteiger partial charge in [-0.05, 0) is 32.1 Å². The number of hydrogen-bond donors (Lipinski definition) is 3. The van der Waals surface area contributed by atoms with Gasteiger partial charge in [-0.2, -0.15) is 0 Å². The summed E-state index contributed by atoms with van der Waals surface area (Å²) in [5, 5.41) is 11.8. The number of urea groups is 1. The number of amides is 3. The number of carboxylic acid groups (broad SMARTS) is 1. The Kier molecular flexibility index (Phi) is 3.64. The van der Waals surface area contributed by atoms with Gasteiger partial charge in [0.15, 0.2) is 0 Å². The third-order valence-corrected chi connectivity index (χ3v) is 4.08. The summed E-state index contributed by atoms with van der Waals surface area (Å²) in [5.74, 6) is -1.62. The van der Waals surface area contributed by atoms with E-state index < -0.39 is 17.5 Å². The van der Waals surface area contributed by atoms with Crippen LogP contribution in [0.2, 0.25) is 0 Å². The van der Waals surface area contributed by atoms with Gasteiger partial charge in [-0.1, -0.05) is 0 Å². The summed E-state index contributed by atoms with van der Waals surface area (Å²) in [4.78, 5) is 35.9. The molecule has 1 heterocycles. The van der Waals surface area contributed by atoms with Gasteiger partial charge in [0.05, 0.1) is 5.92 Å². The Hall–Kier alpha value is -1.79. The van der Waals surface area contributed by atoms with E-state index >= 15 is 0 Å². The van der Waals surface area contributed by atoms with Crippen LogP contribution in [-0.2, 0) is 9.59 Å². The molecule has 106 valence electrons. The number of nitrogens with one attached hydrogen (secondary N) is 1. The molecule has 0 aromatic carbocycles. The summed E-state index contributed by atoms with van der Waals surface area (Å²) in [7, 11) is 0. The van der Waals surface area contributed by atoms with Crippen LogP contribution in [0.25, 0.3) is 0 Å². The first-order chi connectivity index (χ1) is 8.94. The predicted octanol–water partition coefficient (Wildman–Crippen LogP) is -0.0994. The molecule has 0 spiro atoms. The number of nitrogens with zero attached hydrogens (tertiary/aromatic N) is 1. The number of aliphatic carboxylic acids is 1. The molecule has 0 bridgehead atoms.